The number of H-pyrrole nitrogens is 1. The van der Waals surface area contributed by atoms with Crippen LogP contribution in [-0.4, -0.2) is 35.3 Å². The van der Waals surface area contributed by atoms with Crippen molar-refractivity contribution in [3.8, 4) is 11.3 Å². The van der Waals surface area contributed by atoms with Crippen LogP contribution in [0, 0.1) is 0 Å². The van der Waals surface area contributed by atoms with E-state index in [1.165, 1.54) is 11.3 Å². The molecule has 0 unspecified atom stereocenters. The van der Waals surface area contributed by atoms with Crippen LogP contribution in [0.15, 0.2) is 61.1 Å². The van der Waals surface area contributed by atoms with Crippen molar-refractivity contribution in [3.63, 3.8) is 0 Å². The average molecular weight is 321 g/mol. The number of rotatable bonds is 8. The van der Waals surface area contributed by atoms with Gasteiger partial charge in [-0.3, -0.25) is 10.1 Å². The van der Waals surface area contributed by atoms with Gasteiger partial charge >= 0.3 is 0 Å². The largest absolute Gasteiger partial charge is 0.375 e. The molecule has 24 heavy (non-hydrogen) atoms. The Morgan fingerprint density at radius 1 is 1.08 bits per heavy atom. The summed E-state index contributed by atoms with van der Waals surface area (Å²) in [5.41, 5.74) is 4.53. The molecule has 0 amide bonds. The maximum atomic E-state index is 4.17. The second-order valence-corrected chi connectivity index (χ2v) is 5.80. The summed E-state index contributed by atoms with van der Waals surface area (Å²) >= 11 is 0. The molecule has 3 rings (SSSR count). The zero-order valence-electron chi connectivity index (χ0n) is 13.9. The van der Waals surface area contributed by atoms with Gasteiger partial charge in [0.25, 0.3) is 0 Å². The summed E-state index contributed by atoms with van der Waals surface area (Å²) < 4.78 is 0. The van der Waals surface area contributed by atoms with E-state index in [2.05, 4.69) is 56.7 Å². The predicted octanol–water partition coefficient (Wildman–Crippen LogP) is 3.09. The Morgan fingerprint density at radius 2 is 1.96 bits per heavy atom. The zero-order chi connectivity index (χ0) is 16.6. The normalized spacial score (nSPS) is 10.7. The maximum absolute atomic E-state index is 4.17. The van der Waals surface area contributed by atoms with Crippen LogP contribution in [-0.2, 0) is 6.54 Å². The molecular weight excluding hydrogens is 298 g/mol. The van der Waals surface area contributed by atoms with Gasteiger partial charge in [-0.25, -0.2) is 0 Å². The van der Waals surface area contributed by atoms with Gasteiger partial charge in [0.05, 0.1) is 11.9 Å². The Morgan fingerprint density at radius 3 is 2.75 bits per heavy atom. The molecule has 3 aromatic rings. The van der Waals surface area contributed by atoms with E-state index in [0.717, 1.165) is 37.3 Å². The molecule has 124 valence electrons. The number of nitrogens with one attached hydrogen (secondary N) is 2. The first-order chi connectivity index (χ1) is 11.8. The number of hydrogen-bond donors (Lipinski definition) is 2. The molecule has 2 heterocycles. The van der Waals surface area contributed by atoms with Crippen LogP contribution in [0.4, 0.5) is 5.69 Å². The molecule has 5 heteroatoms. The molecule has 0 aliphatic rings. The van der Waals surface area contributed by atoms with E-state index < -0.39 is 0 Å². The van der Waals surface area contributed by atoms with Gasteiger partial charge in [0.1, 0.15) is 0 Å². The summed E-state index contributed by atoms with van der Waals surface area (Å²) in [7, 11) is 2.13. The van der Waals surface area contributed by atoms with Crippen molar-refractivity contribution in [2.45, 2.75) is 13.0 Å². The van der Waals surface area contributed by atoms with E-state index >= 15 is 0 Å². The number of benzene rings is 1. The SMILES string of the molecule is CN(CCCNCc1cn[nH]c1-c1cccnc1)c1ccccc1. The molecule has 0 radical (unpaired) electrons. The first kappa shape index (κ1) is 16.2. The summed E-state index contributed by atoms with van der Waals surface area (Å²) in [6.45, 7) is 2.79. The second kappa shape index (κ2) is 8.26. The molecule has 1 aromatic carbocycles. The molecule has 0 aliphatic heterocycles. The van der Waals surface area contributed by atoms with E-state index in [4.69, 9.17) is 0 Å². The molecule has 5 nitrogen and oxygen atoms in total. The smallest absolute Gasteiger partial charge is 0.0710 e. The van der Waals surface area contributed by atoms with E-state index in [9.17, 15) is 0 Å². The summed E-state index contributed by atoms with van der Waals surface area (Å²) in [6.07, 6.45) is 6.60. The monoisotopic (exact) mass is 321 g/mol. The minimum absolute atomic E-state index is 0.801. The summed E-state index contributed by atoms with van der Waals surface area (Å²) in [6, 6.07) is 14.4. The highest BCUT2D eigenvalue weighted by Crippen LogP contribution is 2.19. The molecule has 2 N–H and O–H groups in total. The molecule has 0 spiro atoms. The number of nitrogens with zero attached hydrogens (tertiary/aromatic N) is 3. The van der Waals surface area contributed by atoms with Crippen molar-refractivity contribution in [3.05, 3.63) is 66.6 Å². The standard InChI is InChI=1S/C19H23N5/c1-24(18-8-3-2-4-9-18)12-6-11-21-14-17-15-22-23-19(17)16-7-5-10-20-13-16/h2-5,7-10,13,15,21H,6,11-12,14H2,1H3,(H,22,23). The third kappa shape index (κ3) is 4.20. The molecule has 0 fully saturated rings. The molecule has 0 saturated carbocycles. The van der Waals surface area contributed by atoms with Gasteiger partial charge < -0.3 is 10.2 Å². The number of para-hydroxylation sites is 1. The number of pyridine rings is 1. The minimum Gasteiger partial charge on any atom is -0.375 e. The van der Waals surface area contributed by atoms with Crippen LogP contribution in [0.5, 0.6) is 0 Å². The first-order valence-corrected chi connectivity index (χ1v) is 8.24. The number of aromatic nitrogens is 3. The highest BCUT2D eigenvalue weighted by atomic mass is 15.1. The number of aromatic amines is 1. The Kier molecular flexibility index (Phi) is 5.58. The van der Waals surface area contributed by atoms with Gasteiger partial charge in [-0.05, 0) is 37.2 Å². The number of hydrogen-bond acceptors (Lipinski definition) is 4. The van der Waals surface area contributed by atoms with E-state index in [1.54, 1.807) is 6.20 Å². The minimum atomic E-state index is 0.801. The van der Waals surface area contributed by atoms with Gasteiger partial charge in [-0.2, -0.15) is 5.10 Å². The molecule has 0 bridgehead atoms. The van der Waals surface area contributed by atoms with E-state index in [1.807, 2.05) is 30.6 Å². The lowest BCUT2D eigenvalue weighted by molar-refractivity contribution is 0.646. The fourth-order valence-electron chi connectivity index (χ4n) is 2.68. The van der Waals surface area contributed by atoms with Crippen molar-refractivity contribution in [2.75, 3.05) is 25.0 Å². The van der Waals surface area contributed by atoms with Gasteiger partial charge in [0.2, 0.25) is 0 Å². The van der Waals surface area contributed by atoms with Crippen LogP contribution in [0.2, 0.25) is 0 Å². The molecular formula is C19H23N5. The lowest BCUT2D eigenvalue weighted by Gasteiger charge is -2.19. The lowest BCUT2D eigenvalue weighted by Crippen LogP contribution is -2.23. The molecule has 0 atom stereocenters. The van der Waals surface area contributed by atoms with Crippen LogP contribution >= 0.6 is 0 Å². The van der Waals surface area contributed by atoms with Crippen molar-refractivity contribution in [1.82, 2.24) is 20.5 Å². The predicted molar refractivity (Wildman–Crippen MR) is 97.9 cm³/mol. The van der Waals surface area contributed by atoms with Crippen LogP contribution in [0.1, 0.15) is 12.0 Å². The average Bonchev–Trinajstić information content (AvgIpc) is 3.11. The summed E-state index contributed by atoms with van der Waals surface area (Å²) in [5, 5.41) is 10.7. The highest BCUT2D eigenvalue weighted by Gasteiger charge is 2.07. The van der Waals surface area contributed by atoms with Crippen molar-refractivity contribution in [2.24, 2.45) is 0 Å². The van der Waals surface area contributed by atoms with Gasteiger partial charge in [0.15, 0.2) is 0 Å². The molecule has 0 saturated heterocycles. The Hall–Kier alpha value is -2.66. The maximum Gasteiger partial charge on any atom is 0.0710 e. The van der Waals surface area contributed by atoms with Gasteiger partial charge in [-0.15, -0.1) is 0 Å². The topological polar surface area (TPSA) is 56.8 Å². The molecule has 2 aromatic heterocycles. The fourth-order valence-corrected chi connectivity index (χ4v) is 2.68. The van der Waals surface area contributed by atoms with Crippen LogP contribution in [0.3, 0.4) is 0 Å². The Bertz CT molecular complexity index is 724. The summed E-state index contributed by atoms with van der Waals surface area (Å²) in [4.78, 5) is 6.44. The highest BCUT2D eigenvalue weighted by molar-refractivity contribution is 5.61. The zero-order valence-corrected chi connectivity index (χ0v) is 13.9. The quantitative estimate of drug-likeness (QED) is 0.626. The Labute approximate surface area is 142 Å². The van der Waals surface area contributed by atoms with E-state index in [-0.39, 0.29) is 0 Å². The van der Waals surface area contributed by atoms with Crippen molar-refractivity contribution in [1.29, 1.82) is 0 Å². The first-order valence-electron chi connectivity index (χ1n) is 8.24. The van der Waals surface area contributed by atoms with Crippen LogP contribution < -0.4 is 10.2 Å². The molecule has 0 aliphatic carbocycles. The van der Waals surface area contributed by atoms with Gasteiger partial charge in [-0.1, -0.05) is 18.2 Å². The number of anilines is 1. The van der Waals surface area contributed by atoms with Crippen molar-refractivity contribution < 1.29 is 0 Å². The van der Waals surface area contributed by atoms with Crippen molar-refractivity contribution >= 4 is 5.69 Å². The summed E-state index contributed by atoms with van der Waals surface area (Å²) in [5.74, 6) is 0. The third-order valence-corrected chi connectivity index (χ3v) is 4.03. The van der Waals surface area contributed by atoms with Gasteiger partial charge in [0, 0.05) is 49.3 Å². The lowest BCUT2D eigenvalue weighted by atomic mass is 10.1. The third-order valence-electron chi connectivity index (χ3n) is 4.03. The Balaban J connectivity index is 1.44. The second-order valence-electron chi connectivity index (χ2n) is 5.80. The fraction of sp³-hybridized carbons (Fsp3) is 0.263. The van der Waals surface area contributed by atoms with E-state index in [0.29, 0.717) is 0 Å². The van der Waals surface area contributed by atoms with Crippen LogP contribution in [0.25, 0.3) is 11.3 Å².